The number of nitrogens with one attached hydrogen (secondary N) is 2. The zero-order valence-electron chi connectivity index (χ0n) is 19.0. The van der Waals surface area contributed by atoms with Crippen molar-refractivity contribution in [1.29, 1.82) is 0 Å². The second kappa shape index (κ2) is 12.7. The maximum Gasteiger partial charge on any atom is 0.191 e. The average molecular weight is 405 g/mol. The fourth-order valence-electron chi connectivity index (χ4n) is 3.49. The van der Waals surface area contributed by atoms with E-state index in [1.165, 1.54) is 18.4 Å². The van der Waals surface area contributed by atoms with Crippen LogP contribution in [0.25, 0.3) is 0 Å². The molecule has 1 aromatic carbocycles. The highest BCUT2D eigenvalue weighted by Crippen LogP contribution is 2.22. The molecule has 2 N–H and O–H groups in total. The molecule has 1 aliphatic heterocycles. The second-order valence-corrected chi connectivity index (χ2v) is 8.03. The van der Waals surface area contributed by atoms with Gasteiger partial charge in [-0.05, 0) is 63.7 Å². The molecule has 1 heterocycles. The van der Waals surface area contributed by atoms with Crippen molar-refractivity contribution < 1.29 is 9.47 Å². The summed E-state index contributed by atoms with van der Waals surface area (Å²) in [6, 6.07) is 6.40. The third-order valence-electron chi connectivity index (χ3n) is 5.67. The predicted molar refractivity (Wildman–Crippen MR) is 121 cm³/mol. The van der Waals surface area contributed by atoms with Crippen LogP contribution in [-0.4, -0.2) is 63.9 Å². The molecule has 0 aromatic heterocycles. The summed E-state index contributed by atoms with van der Waals surface area (Å²) in [6.07, 6.45) is 3.65. The molecule has 1 fully saturated rings. The Bertz CT molecular complexity index is 627. The number of guanidine groups is 1. The van der Waals surface area contributed by atoms with Crippen molar-refractivity contribution in [3.8, 4) is 5.75 Å². The first kappa shape index (κ1) is 23.5. The molecule has 1 unspecified atom stereocenters. The third kappa shape index (κ3) is 8.23. The summed E-state index contributed by atoms with van der Waals surface area (Å²) >= 11 is 0. The van der Waals surface area contributed by atoms with Gasteiger partial charge in [-0.2, -0.15) is 0 Å². The third-order valence-corrected chi connectivity index (χ3v) is 5.67. The van der Waals surface area contributed by atoms with E-state index >= 15 is 0 Å². The molecule has 6 heteroatoms. The molecule has 1 saturated heterocycles. The Balaban J connectivity index is 1.80. The van der Waals surface area contributed by atoms with Crippen LogP contribution >= 0.6 is 0 Å². The van der Waals surface area contributed by atoms with Crippen LogP contribution in [0.2, 0.25) is 0 Å². The standard InChI is InChI=1S/C23H40N4O2/c1-6-19(3)29-22-15-18(2)7-8-21(22)17-26-23(24-4)25-16-20-9-11-27(12-10-20)13-14-28-5/h7-8,15,19-20H,6,9-14,16-17H2,1-5H3,(H2,24,25,26). The monoisotopic (exact) mass is 404 g/mol. The zero-order valence-corrected chi connectivity index (χ0v) is 19.0. The number of piperidine rings is 1. The molecule has 0 saturated carbocycles. The van der Waals surface area contributed by atoms with Gasteiger partial charge in [0.15, 0.2) is 5.96 Å². The number of hydrogen-bond donors (Lipinski definition) is 2. The molecule has 0 spiro atoms. The van der Waals surface area contributed by atoms with Crippen molar-refractivity contribution in [2.24, 2.45) is 10.9 Å². The van der Waals surface area contributed by atoms with Crippen molar-refractivity contribution in [2.75, 3.05) is 46.9 Å². The van der Waals surface area contributed by atoms with Gasteiger partial charge < -0.3 is 25.0 Å². The Morgan fingerprint density at radius 3 is 2.69 bits per heavy atom. The van der Waals surface area contributed by atoms with E-state index in [0.29, 0.717) is 12.5 Å². The van der Waals surface area contributed by atoms with Crippen molar-refractivity contribution in [2.45, 2.75) is 52.7 Å². The summed E-state index contributed by atoms with van der Waals surface area (Å²) in [7, 11) is 3.60. The Kier molecular flexibility index (Phi) is 10.3. The van der Waals surface area contributed by atoms with E-state index in [0.717, 1.165) is 56.5 Å². The van der Waals surface area contributed by atoms with E-state index in [9.17, 15) is 0 Å². The maximum atomic E-state index is 6.12. The molecule has 1 aromatic rings. The Labute approximate surface area is 177 Å². The number of aryl methyl sites for hydroxylation is 1. The minimum atomic E-state index is 0.211. The molecule has 29 heavy (non-hydrogen) atoms. The number of ether oxygens (including phenoxy) is 2. The number of hydrogen-bond acceptors (Lipinski definition) is 4. The average Bonchev–Trinajstić information content (AvgIpc) is 2.74. The first-order valence-electron chi connectivity index (χ1n) is 11.0. The Morgan fingerprint density at radius 2 is 2.03 bits per heavy atom. The fraction of sp³-hybridized carbons (Fsp3) is 0.696. The summed E-state index contributed by atoms with van der Waals surface area (Å²) in [5.74, 6) is 2.50. The second-order valence-electron chi connectivity index (χ2n) is 8.03. The lowest BCUT2D eigenvalue weighted by atomic mass is 9.97. The van der Waals surface area contributed by atoms with Gasteiger partial charge in [0.25, 0.3) is 0 Å². The molecule has 0 aliphatic carbocycles. The predicted octanol–water partition coefficient (Wildman–Crippen LogP) is 3.20. The van der Waals surface area contributed by atoms with Gasteiger partial charge in [-0.25, -0.2) is 0 Å². The van der Waals surface area contributed by atoms with Crippen LogP contribution < -0.4 is 15.4 Å². The maximum absolute atomic E-state index is 6.12. The molecule has 2 rings (SSSR count). The molecule has 1 aliphatic rings. The van der Waals surface area contributed by atoms with Gasteiger partial charge in [0.2, 0.25) is 0 Å². The van der Waals surface area contributed by atoms with E-state index in [1.54, 1.807) is 7.11 Å². The highest BCUT2D eigenvalue weighted by molar-refractivity contribution is 5.79. The van der Waals surface area contributed by atoms with Crippen molar-refractivity contribution in [3.63, 3.8) is 0 Å². The molecular formula is C23H40N4O2. The quantitative estimate of drug-likeness (QED) is 0.463. The Morgan fingerprint density at radius 1 is 1.28 bits per heavy atom. The molecule has 0 radical (unpaired) electrons. The van der Waals surface area contributed by atoms with Crippen LogP contribution in [0.3, 0.4) is 0 Å². The first-order chi connectivity index (χ1) is 14.0. The van der Waals surface area contributed by atoms with Crippen LogP contribution in [0.1, 0.15) is 44.2 Å². The van der Waals surface area contributed by atoms with Crippen LogP contribution in [-0.2, 0) is 11.3 Å². The fourth-order valence-corrected chi connectivity index (χ4v) is 3.49. The highest BCUT2D eigenvalue weighted by Gasteiger charge is 2.19. The molecule has 0 bridgehead atoms. The van der Waals surface area contributed by atoms with Crippen LogP contribution in [0.4, 0.5) is 0 Å². The Hall–Kier alpha value is -1.79. The van der Waals surface area contributed by atoms with Gasteiger partial charge in [0, 0.05) is 39.4 Å². The van der Waals surface area contributed by atoms with Crippen molar-refractivity contribution >= 4 is 5.96 Å². The number of likely N-dealkylation sites (tertiary alicyclic amines) is 1. The van der Waals surface area contributed by atoms with Crippen LogP contribution in [0.15, 0.2) is 23.2 Å². The summed E-state index contributed by atoms with van der Waals surface area (Å²) in [4.78, 5) is 6.88. The summed E-state index contributed by atoms with van der Waals surface area (Å²) < 4.78 is 11.3. The summed E-state index contributed by atoms with van der Waals surface area (Å²) in [5.41, 5.74) is 2.37. The van der Waals surface area contributed by atoms with Gasteiger partial charge in [0.05, 0.1) is 12.7 Å². The smallest absolute Gasteiger partial charge is 0.191 e. The highest BCUT2D eigenvalue weighted by atomic mass is 16.5. The topological polar surface area (TPSA) is 58.1 Å². The number of benzene rings is 1. The SMILES string of the molecule is CCC(C)Oc1cc(C)ccc1CNC(=NC)NCC1CCN(CCOC)CC1. The lowest BCUT2D eigenvalue weighted by Gasteiger charge is -2.32. The first-order valence-corrected chi connectivity index (χ1v) is 11.0. The van der Waals surface area contributed by atoms with E-state index in [-0.39, 0.29) is 6.10 Å². The molecule has 0 amide bonds. The normalized spacial score (nSPS) is 17.2. The minimum absolute atomic E-state index is 0.211. The number of nitrogens with zero attached hydrogens (tertiary/aromatic N) is 2. The molecule has 164 valence electrons. The van der Waals surface area contributed by atoms with Crippen LogP contribution in [0.5, 0.6) is 5.75 Å². The molecule has 6 nitrogen and oxygen atoms in total. The van der Waals surface area contributed by atoms with E-state index in [1.807, 2.05) is 7.05 Å². The van der Waals surface area contributed by atoms with Gasteiger partial charge in [-0.3, -0.25) is 4.99 Å². The molecule has 1 atom stereocenters. The lowest BCUT2D eigenvalue weighted by molar-refractivity contribution is 0.121. The molecular weight excluding hydrogens is 364 g/mol. The van der Waals surface area contributed by atoms with Gasteiger partial charge in [-0.15, -0.1) is 0 Å². The van der Waals surface area contributed by atoms with Gasteiger partial charge in [0.1, 0.15) is 5.75 Å². The zero-order chi connectivity index (χ0) is 21.1. The van der Waals surface area contributed by atoms with Crippen molar-refractivity contribution in [3.05, 3.63) is 29.3 Å². The largest absolute Gasteiger partial charge is 0.490 e. The number of methoxy groups -OCH3 is 1. The van der Waals surface area contributed by atoms with E-state index in [4.69, 9.17) is 9.47 Å². The minimum Gasteiger partial charge on any atom is -0.490 e. The number of aliphatic imine (C=N–C) groups is 1. The summed E-state index contributed by atoms with van der Waals surface area (Å²) in [5, 5.41) is 6.95. The van der Waals surface area contributed by atoms with E-state index in [2.05, 4.69) is 59.5 Å². The van der Waals surface area contributed by atoms with E-state index < -0.39 is 0 Å². The van der Waals surface area contributed by atoms with Gasteiger partial charge >= 0.3 is 0 Å². The summed E-state index contributed by atoms with van der Waals surface area (Å²) in [6.45, 7) is 12.2. The van der Waals surface area contributed by atoms with Crippen molar-refractivity contribution in [1.82, 2.24) is 15.5 Å². The van der Waals surface area contributed by atoms with Gasteiger partial charge in [-0.1, -0.05) is 19.1 Å². The van der Waals surface area contributed by atoms with Crippen LogP contribution in [0, 0.1) is 12.8 Å². The number of rotatable bonds is 10. The lowest BCUT2D eigenvalue weighted by Crippen LogP contribution is -2.43.